The number of ether oxygens (including phenoxy) is 7. The number of allylic oxidation sites excluding steroid dienone is 1. The van der Waals surface area contributed by atoms with Crippen LogP contribution in [0.1, 0.15) is 213 Å². The third kappa shape index (κ3) is 26.4. The first-order valence-corrected chi connectivity index (χ1v) is 66.4. The molecular formula is C90H158F3IO20S2Si6. The number of hydrogen-bond donors (Lipinski definition) is 1. The van der Waals surface area contributed by atoms with Gasteiger partial charge in [-0.2, -0.15) is 21.6 Å². The highest BCUT2D eigenvalue weighted by atomic mass is 127. The molecule has 20 nitrogen and oxygen atoms in total. The van der Waals surface area contributed by atoms with Crippen LogP contribution in [0.2, 0.25) is 109 Å². The number of hydrogen-bond acceptors (Lipinski definition) is 20. The van der Waals surface area contributed by atoms with E-state index in [0.29, 0.717) is 81.0 Å². The highest BCUT2D eigenvalue weighted by Crippen LogP contribution is 2.52. The summed E-state index contributed by atoms with van der Waals surface area (Å²) in [4.78, 5) is 14.6. The zero-order chi connectivity index (χ0) is 92.2. The van der Waals surface area contributed by atoms with Gasteiger partial charge in [0.2, 0.25) is 0 Å². The van der Waals surface area contributed by atoms with Crippen molar-refractivity contribution in [2.24, 2.45) is 11.8 Å². The number of esters is 1. The summed E-state index contributed by atoms with van der Waals surface area (Å²) in [6, 6.07) is 20.0. The van der Waals surface area contributed by atoms with E-state index in [4.69, 9.17) is 59.7 Å². The second-order valence-corrected chi connectivity index (χ2v) is 76.1. The standard InChI is InChI=1S/C90H158F3IO20S2Si6/c1-32-122(33-2,34-3)102-54-53-71-76(77(101-21)74(107-71)57-68(111-118(24,25)85(9,10)11)59-103-117(22,23)84(6,7)8)82(115(97,98)69-43-39-36-40-44-69)70(95)56-65-48-50-72-78(105-65)80(113-120(28,29)87(15,16)17)81(114-121(30,31)88(18,19)20)79(108-72)73(112-119(26,27)86(12,13)14)51-47-64(106-83(96)63-41-37-35-38-42-63)45-46-67-58-89(60-94)75(104-67)52-49-66(109-89)55-61(4)62(5)110-116(99,100)90(91,92)93/h35-44,47,51,61,64-68,70-82,95H,5,32-34,45-46,48-50,52-60H2,1-4,6-31H3/t61?,64?,65-,66-,67+,68?,70?,71+,72+,73?,74-,75+,76?,77+,78+,79+,80+,81-,82?,89-/m1/s1. The SMILES string of the molecule is C=C(OS(=O)(=O)C(F)(F)F)C(C)C[C@H]1CC[C@@H]2O[C@@H](CCC(C=CC(O[Si](C)(C)C(C)(C)C)[C@@H]3O[C@H]4CC[C@H](CC(O)C(C5[C@H](CCO[Si](CC)(CC)CC)O[C@H](CC(CO[Si](C)(C)C(C)(C)C)O[Si](C)(C)C(C)(C)C)[C@@H]5OC)S(=O)(=O)c5ccccc5)O[C@@H]4[C@H](O[Si](C)(C)C(C)(C)C)[C@@H]3O[Si](C)(C)C(C)(C)C)OC(=O)c3ccccc3)C[C@]2(CI)O1. The first-order chi connectivity index (χ1) is 55.8. The van der Waals surface area contributed by atoms with Crippen molar-refractivity contribution in [3.63, 3.8) is 0 Å². The number of rotatable bonds is 41. The molecule has 0 bridgehead atoms. The molecule has 5 aliphatic heterocycles. The van der Waals surface area contributed by atoms with Crippen molar-refractivity contribution in [3.05, 3.63) is 90.7 Å². The highest BCUT2D eigenvalue weighted by Gasteiger charge is 2.62. The molecule has 0 aromatic heterocycles. The molecule has 5 heterocycles. The van der Waals surface area contributed by atoms with Crippen LogP contribution in [0.25, 0.3) is 0 Å². The minimum atomic E-state index is -5.91. The fraction of sp³-hybridized carbons (Fsp3) is 0.811. The van der Waals surface area contributed by atoms with E-state index in [1.54, 1.807) is 68.6 Å². The third-order valence-corrected chi connectivity index (χ3v) is 61.1. The topological polar surface area (TPSA) is 235 Å². The molecule has 5 saturated heterocycles. The Morgan fingerprint density at radius 1 is 0.623 bits per heavy atom. The van der Waals surface area contributed by atoms with Gasteiger partial charge in [-0.15, -0.1) is 0 Å². The van der Waals surface area contributed by atoms with E-state index in [1.807, 2.05) is 18.2 Å². The number of halogens is 4. The minimum absolute atomic E-state index is 0.0703. The van der Waals surface area contributed by atoms with Crippen LogP contribution < -0.4 is 0 Å². The van der Waals surface area contributed by atoms with E-state index >= 15 is 8.42 Å². The smallest absolute Gasteiger partial charge is 0.455 e. The largest absolute Gasteiger partial charge is 0.534 e. The van der Waals surface area contributed by atoms with Gasteiger partial charge in [0.1, 0.15) is 41.9 Å². The van der Waals surface area contributed by atoms with Crippen LogP contribution in [0.4, 0.5) is 13.2 Å². The lowest BCUT2D eigenvalue weighted by Gasteiger charge is -2.56. The predicted molar refractivity (Wildman–Crippen MR) is 503 cm³/mol. The Labute approximate surface area is 753 Å². The lowest BCUT2D eigenvalue weighted by Crippen LogP contribution is -2.69. The van der Waals surface area contributed by atoms with Crippen LogP contribution in [0.5, 0.6) is 0 Å². The van der Waals surface area contributed by atoms with E-state index in [9.17, 15) is 31.5 Å². The van der Waals surface area contributed by atoms with Gasteiger partial charge >= 0.3 is 21.6 Å². The van der Waals surface area contributed by atoms with E-state index < -0.39 is 195 Å². The summed E-state index contributed by atoms with van der Waals surface area (Å²) in [7, 11) is -24.3. The Morgan fingerprint density at radius 3 is 1.68 bits per heavy atom. The zero-order valence-electron chi connectivity index (χ0n) is 79.7. The fourth-order valence-electron chi connectivity index (χ4n) is 16.2. The minimum Gasteiger partial charge on any atom is -0.455 e. The average Bonchev–Trinajstić information content (AvgIpc) is 1.24. The van der Waals surface area contributed by atoms with Crippen LogP contribution in [0.15, 0.2) is 90.0 Å². The van der Waals surface area contributed by atoms with Crippen LogP contribution in [0, 0.1) is 11.8 Å². The molecule has 0 spiro atoms. The number of benzene rings is 2. The molecule has 7 rings (SSSR count). The average molecular weight is 1980 g/mol. The Balaban J connectivity index is 1.32. The van der Waals surface area contributed by atoms with Crippen molar-refractivity contribution in [2.75, 3.05) is 24.8 Å². The van der Waals surface area contributed by atoms with E-state index in [1.165, 1.54) is 0 Å². The van der Waals surface area contributed by atoms with Gasteiger partial charge < -0.3 is 69.0 Å². The van der Waals surface area contributed by atoms with Gasteiger partial charge in [0.05, 0.1) is 89.5 Å². The summed E-state index contributed by atoms with van der Waals surface area (Å²) in [6.07, 6.45) is -4.03. The zero-order valence-corrected chi connectivity index (χ0v) is 89.4. The van der Waals surface area contributed by atoms with Crippen molar-refractivity contribution in [3.8, 4) is 0 Å². The second kappa shape index (κ2) is 41.7. The summed E-state index contributed by atoms with van der Waals surface area (Å²) < 4.78 is 197. The molecule has 702 valence electrons. The van der Waals surface area contributed by atoms with Crippen LogP contribution in [0.3, 0.4) is 0 Å². The molecule has 1 N–H and O–H groups in total. The Bertz CT molecular complexity index is 3930. The van der Waals surface area contributed by atoms with E-state index in [-0.39, 0.29) is 55.1 Å². The van der Waals surface area contributed by atoms with Gasteiger partial charge in [0, 0.05) is 49.2 Å². The molecule has 0 saturated carbocycles. The normalized spacial score (nSPS) is 27.7. The van der Waals surface area contributed by atoms with Crippen LogP contribution >= 0.6 is 22.6 Å². The maximum Gasteiger partial charge on any atom is 0.534 e. The molecule has 0 radical (unpaired) electrons. The number of sulfone groups is 1. The molecule has 122 heavy (non-hydrogen) atoms. The number of carbonyl (C=O) groups is 1. The molecule has 20 atom stereocenters. The van der Waals surface area contributed by atoms with Gasteiger partial charge in [-0.1, -0.05) is 203 Å². The summed E-state index contributed by atoms with van der Waals surface area (Å²) in [6.45, 7) is 67.7. The number of aliphatic hydroxyl groups excluding tert-OH is 1. The Morgan fingerprint density at radius 2 is 1.16 bits per heavy atom. The number of fused-ring (bicyclic) bond motifs is 2. The molecule has 0 amide bonds. The second-order valence-electron chi connectivity index (χ2n) is 43.1. The first-order valence-electron chi connectivity index (χ1n) is 44.8. The van der Waals surface area contributed by atoms with Gasteiger partial charge in [0.25, 0.3) is 0 Å². The highest BCUT2D eigenvalue weighted by molar-refractivity contribution is 14.1. The number of methoxy groups -OCH3 is 1. The Kier molecular flexibility index (Phi) is 36.7. The van der Waals surface area contributed by atoms with Gasteiger partial charge in [-0.25, -0.2) is 13.2 Å². The van der Waals surface area contributed by atoms with Crippen molar-refractivity contribution in [2.45, 2.75) is 430 Å². The Hall–Kier alpha value is -1.61. The van der Waals surface area contributed by atoms with Crippen LogP contribution in [-0.2, 0) is 83.9 Å². The van der Waals surface area contributed by atoms with Gasteiger partial charge in [-0.3, -0.25) is 0 Å². The van der Waals surface area contributed by atoms with Crippen molar-refractivity contribution in [1.29, 1.82) is 0 Å². The van der Waals surface area contributed by atoms with E-state index in [2.05, 4.69) is 223 Å². The summed E-state index contributed by atoms with van der Waals surface area (Å²) in [5.74, 6) is -2.76. The summed E-state index contributed by atoms with van der Waals surface area (Å²) in [5.41, 5.74) is -6.03. The molecule has 32 heteroatoms. The summed E-state index contributed by atoms with van der Waals surface area (Å²) in [5, 5.41) is 11.1. The molecule has 5 fully saturated rings. The lowest BCUT2D eigenvalue weighted by atomic mass is 9.84. The molecule has 2 aromatic rings. The number of carbonyl (C=O) groups excluding carboxylic acids is 1. The van der Waals surface area contributed by atoms with Gasteiger partial charge in [-0.05, 0) is 191 Å². The summed E-state index contributed by atoms with van der Waals surface area (Å²) >= 11 is 2.29. The first kappa shape index (κ1) is 107. The number of alkyl halides is 4. The molecule has 0 aliphatic carbocycles. The quantitative estimate of drug-likeness (QED) is 0.00952. The van der Waals surface area contributed by atoms with Crippen molar-refractivity contribution < 1.29 is 104 Å². The molecule has 5 aliphatic rings. The predicted octanol–water partition coefficient (Wildman–Crippen LogP) is 22.2. The molecule has 7 unspecified atom stereocenters. The van der Waals surface area contributed by atoms with Crippen molar-refractivity contribution in [1.82, 2.24) is 0 Å². The maximum atomic E-state index is 16.3. The van der Waals surface area contributed by atoms with Crippen LogP contribution in [-0.4, -0.2) is 217 Å². The monoisotopic (exact) mass is 1970 g/mol. The maximum absolute atomic E-state index is 16.3. The molecular weight excluding hydrogens is 1820 g/mol. The lowest BCUT2D eigenvalue weighted by molar-refractivity contribution is -0.268. The number of aliphatic hydroxyl groups is 1. The van der Waals surface area contributed by atoms with Crippen molar-refractivity contribution >= 4 is 98.4 Å². The van der Waals surface area contributed by atoms with Gasteiger partial charge in [0.15, 0.2) is 59.7 Å². The molecule has 2 aromatic carbocycles. The fourth-order valence-corrected chi connectivity index (χ4v) is 28.8. The third-order valence-electron chi connectivity index (χ3n) is 29.4. The van der Waals surface area contributed by atoms with E-state index in [0.717, 1.165) is 18.1 Å².